The van der Waals surface area contributed by atoms with Crippen LogP contribution >= 0.6 is 0 Å². The van der Waals surface area contributed by atoms with Crippen LogP contribution in [-0.2, 0) is 4.74 Å². The molecule has 1 fully saturated rings. The molecule has 1 saturated heterocycles. The molecule has 23 heavy (non-hydrogen) atoms. The van der Waals surface area contributed by atoms with Crippen molar-refractivity contribution in [1.29, 1.82) is 0 Å². The maximum Gasteiger partial charge on any atom is 0.134 e. The molecule has 0 aromatic heterocycles. The number of nitrogens with one attached hydrogen (secondary N) is 1. The van der Waals surface area contributed by atoms with E-state index in [0.717, 1.165) is 51.3 Å². The first-order valence-electron chi connectivity index (χ1n) is 9.49. The molecule has 1 heterocycles. The Labute approximate surface area is 144 Å². The first kappa shape index (κ1) is 22.4. The predicted molar refractivity (Wildman–Crippen MR) is 99.7 cm³/mol. The number of rotatable bonds is 10. The Morgan fingerprint density at radius 1 is 1.35 bits per heavy atom. The molecule has 0 aliphatic carbocycles. The van der Waals surface area contributed by atoms with Gasteiger partial charge in [-0.15, -0.1) is 0 Å². The number of piperidine rings is 1. The summed E-state index contributed by atoms with van der Waals surface area (Å²) in [4.78, 5) is 2.32. The summed E-state index contributed by atoms with van der Waals surface area (Å²) in [6, 6.07) is 0. The Hall–Kier alpha value is -0.580. The second-order valence-electron chi connectivity index (χ2n) is 6.48. The number of likely N-dealkylation sites (N-methyl/N-ethyl adjacent to an activating group) is 1. The van der Waals surface area contributed by atoms with Crippen molar-refractivity contribution in [3.8, 4) is 0 Å². The van der Waals surface area contributed by atoms with E-state index < -0.39 is 0 Å². The number of aliphatic hydroxyl groups is 1. The fraction of sp³-hybridized carbons (Fsp3) is 0.895. The van der Waals surface area contributed by atoms with E-state index in [2.05, 4.69) is 44.5 Å². The van der Waals surface area contributed by atoms with Gasteiger partial charge in [-0.3, -0.25) is 4.90 Å². The van der Waals surface area contributed by atoms with Crippen molar-refractivity contribution in [3.05, 3.63) is 12.3 Å². The third-order valence-electron chi connectivity index (χ3n) is 3.90. The van der Waals surface area contributed by atoms with E-state index in [1.165, 1.54) is 19.3 Å². The number of ether oxygens (including phenoxy) is 1. The monoisotopic (exact) mass is 328 g/mol. The summed E-state index contributed by atoms with van der Waals surface area (Å²) < 4.78 is 5.87. The summed E-state index contributed by atoms with van der Waals surface area (Å²) in [5.41, 5.74) is 0. The van der Waals surface area contributed by atoms with Crippen LogP contribution in [0.3, 0.4) is 0 Å². The van der Waals surface area contributed by atoms with Crippen LogP contribution in [0, 0.1) is 5.92 Å². The van der Waals surface area contributed by atoms with Crippen molar-refractivity contribution in [1.82, 2.24) is 10.2 Å². The molecular formula is C19H40N2O2. The molecule has 0 radical (unpaired) electrons. The minimum absolute atomic E-state index is 0.0577. The lowest BCUT2D eigenvalue weighted by Crippen LogP contribution is -2.36. The van der Waals surface area contributed by atoms with Crippen molar-refractivity contribution in [2.24, 2.45) is 5.92 Å². The summed E-state index contributed by atoms with van der Waals surface area (Å²) in [6.07, 6.45) is 5.62. The highest BCUT2D eigenvalue weighted by atomic mass is 16.5. The Kier molecular flexibility index (Phi) is 14.6. The molecule has 0 spiro atoms. The highest BCUT2D eigenvalue weighted by Gasteiger charge is 2.18. The molecule has 0 aromatic carbocycles. The van der Waals surface area contributed by atoms with Crippen LogP contribution in [0.1, 0.15) is 59.8 Å². The molecule has 1 rings (SSSR count). The van der Waals surface area contributed by atoms with E-state index in [-0.39, 0.29) is 12.7 Å². The Bertz CT molecular complexity index is 279. The largest absolute Gasteiger partial charge is 0.492 e. The van der Waals surface area contributed by atoms with E-state index in [0.29, 0.717) is 5.92 Å². The van der Waals surface area contributed by atoms with Crippen molar-refractivity contribution >= 4 is 0 Å². The quantitative estimate of drug-likeness (QED) is 0.603. The number of aliphatic hydroxyl groups excluding tert-OH is 1. The van der Waals surface area contributed by atoms with Crippen LogP contribution in [0.4, 0.5) is 0 Å². The highest BCUT2D eigenvalue weighted by molar-refractivity contribution is 4.89. The maximum absolute atomic E-state index is 9.49. The van der Waals surface area contributed by atoms with Crippen LogP contribution in [0.2, 0.25) is 0 Å². The van der Waals surface area contributed by atoms with Crippen LogP contribution in [0.15, 0.2) is 12.3 Å². The van der Waals surface area contributed by atoms with Crippen LogP contribution < -0.4 is 5.32 Å². The van der Waals surface area contributed by atoms with Crippen molar-refractivity contribution in [2.45, 2.75) is 65.9 Å². The molecular weight excluding hydrogens is 288 g/mol. The lowest BCUT2D eigenvalue weighted by Gasteiger charge is -2.28. The van der Waals surface area contributed by atoms with Gasteiger partial charge in [-0.25, -0.2) is 0 Å². The lowest BCUT2D eigenvalue weighted by molar-refractivity contribution is 0.0255. The zero-order valence-corrected chi connectivity index (χ0v) is 15.9. The van der Waals surface area contributed by atoms with Gasteiger partial charge in [-0.05, 0) is 51.4 Å². The number of allylic oxidation sites excluding steroid dienone is 1. The van der Waals surface area contributed by atoms with E-state index in [9.17, 15) is 5.11 Å². The van der Waals surface area contributed by atoms with Crippen LogP contribution in [0.5, 0.6) is 0 Å². The molecule has 4 heteroatoms. The summed E-state index contributed by atoms with van der Waals surface area (Å²) in [7, 11) is 0. The Balaban J connectivity index is 0.00000149. The van der Waals surface area contributed by atoms with E-state index in [1.54, 1.807) is 0 Å². The molecule has 0 saturated carbocycles. The fourth-order valence-electron chi connectivity index (χ4n) is 2.82. The van der Waals surface area contributed by atoms with Crippen molar-refractivity contribution < 1.29 is 9.84 Å². The van der Waals surface area contributed by atoms with Crippen molar-refractivity contribution in [3.63, 3.8) is 0 Å². The first-order chi connectivity index (χ1) is 11.1. The zero-order chi connectivity index (χ0) is 17.5. The second kappa shape index (κ2) is 15.0. The summed E-state index contributed by atoms with van der Waals surface area (Å²) in [5.74, 6) is 1.46. The number of nitrogens with zero attached hydrogens (tertiary/aromatic N) is 1. The maximum atomic E-state index is 9.49. The Morgan fingerprint density at radius 3 is 2.52 bits per heavy atom. The summed E-state index contributed by atoms with van der Waals surface area (Å²) in [6.45, 7) is 17.7. The zero-order valence-electron chi connectivity index (χ0n) is 15.9. The number of hydrogen-bond donors (Lipinski definition) is 2. The summed E-state index contributed by atoms with van der Waals surface area (Å²) in [5, 5.41) is 12.9. The molecule has 2 atom stereocenters. The van der Waals surface area contributed by atoms with Crippen LogP contribution in [0.25, 0.3) is 0 Å². The van der Waals surface area contributed by atoms with Gasteiger partial charge < -0.3 is 15.2 Å². The van der Waals surface area contributed by atoms with E-state index in [1.807, 2.05) is 0 Å². The van der Waals surface area contributed by atoms with Gasteiger partial charge in [-0.2, -0.15) is 0 Å². The van der Waals surface area contributed by atoms with Gasteiger partial charge in [0.2, 0.25) is 0 Å². The topological polar surface area (TPSA) is 44.7 Å². The van der Waals surface area contributed by atoms with E-state index >= 15 is 0 Å². The molecule has 0 aromatic rings. The van der Waals surface area contributed by atoms with Gasteiger partial charge in [-0.1, -0.05) is 40.7 Å². The van der Waals surface area contributed by atoms with Gasteiger partial charge in [0.1, 0.15) is 6.10 Å². The van der Waals surface area contributed by atoms with Crippen LogP contribution in [-0.4, -0.2) is 55.4 Å². The van der Waals surface area contributed by atoms with Gasteiger partial charge in [0.05, 0.1) is 12.4 Å². The molecule has 1 aliphatic rings. The second-order valence-corrected chi connectivity index (χ2v) is 6.48. The summed E-state index contributed by atoms with van der Waals surface area (Å²) >= 11 is 0. The van der Waals surface area contributed by atoms with Crippen molar-refractivity contribution in [2.75, 3.05) is 39.3 Å². The van der Waals surface area contributed by atoms with Gasteiger partial charge >= 0.3 is 0 Å². The SMILES string of the molecule is C=C(CC1CCCNC1)OC(CO)CN(CC)CCC.CCC. The first-order valence-corrected chi connectivity index (χ1v) is 9.49. The third kappa shape index (κ3) is 11.6. The molecule has 0 amide bonds. The van der Waals surface area contributed by atoms with Gasteiger partial charge in [0, 0.05) is 13.0 Å². The molecule has 2 unspecified atom stereocenters. The molecule has 1 aliphatic heterocycles. The van der Waals surface area contributed by atoms with E-state index in [4.69, 9.17) is 4.74 Å². The fourth-order valence-corrected chi connectivity index (χ4v) is 2.82. The number of hydrogen-bond acceptors (Lipinski definition) is 4. The molecule has 0 bridgehead atoms. The predicted octanol–water partition coefficient (Wildman–Crippen LogP) is 3.42. The lowest BCUT2D eigenvalue weighted by atomic mass is 9.95. The smallest absolute Gasteiger partial charge is 0.134 e. The molecule has 4 nitrogen and oxygen atoms in total. The minimum Gasteiger partial charge on any atom is -0.492 e. The average molecular weight is 329 g/mol. The third-order valence-corrected chi connectivity index (χ3v) is 3.90. The highest BCUT2D eigenvalue weighted by Crippen LogP contribution is 2.20. The average Bonchev–Trinajstić information content (AvgIpc) is 2.55. The van der Waals surface area contributed by atoms with Gasteiger partial charge in [0.25, 0.3) is 0 Å². The standard InChI is InChI=1S/C16H32N2O2.C3H8/c1-4-9-18(5-2)12-16(13-19)20-14(3)10-15-7-6-8-17-11-15;1-3-2/h15-17,19H,3-13H2,1-2H3;3H2,1-2H3. The normalized spacial score (nSPS) is 19.0. The molecule has 138 valence electrons. The Morgan fingerprint density at radius 2 is 2.04 bits per heavy atom. The molecule has 2 N–H and O–H groups in total. The van der Waals surface area contributed by atoms with Gasteiger partial charge in [0.15, 0.2) is 0 Å². The minimum atomic E-state index is -0.148.